The molecular weight excluding hydrogens is 308 g/mol. The Morgan fingerprint density at radius 1 is 1.22 bits per heavy atom. The van der Waals surface area contributed by atoms with Gasteiger partial charge in [0.2, 0.25) is 0 Å². The van der Waals surface area contributed by atoms with Gasteiger partial charge in [-0.3, -0.25) is 4.79 Å². The number of rotatable bonds is 2. The van der Waals surface area contributed by atoms with Crippen molar-refractivity contribution in [2.75, 3.05) is 0 Å². The number of aromatic carboxylic acids is 1. The van der Waals surface area contributed by atoms with Gasteiger partial charge in [-0.1, -0.05) is 0 Å². The van der Waals surface area contributed by atoms with Crippen LogP contribution in [0.5, 0.6) is 0 Å². The van der Waals surface area contributed by atoms with Crippen molar-refractivity contribution in [3.63, 3.8) is 0 Å². The van der Waals surface area contributed by atoms with Crippen LogP contribution in [-0.4, -0.2) is 26.3 Å². The Morgan fingerprint density at radius 2 is 1.96 bits per heavy atom. The number of halogens is 2. The highest BCUT2D eigenvalue weighted by atomic mass is 19.1. The number of nitrogens with one attached hydrogen (secondary N) is 1. The van der Waals surface area contributed by atoms with Crippen LogP contribution < -0.4 is 5.56 Å². The molecule has 3 aromatic rings. The number of hydrogen-bond donors (Lipinski definition) is 2. The van der Waals surface area contributed by atoms with E-state index in [4.69, 9.17) is 5.11 Å². The number of hydrogen-bond acceptors (Lipinski definition) is 4. The van der Waals surface area contributed by atoms with Crippen molar-refractivity contribution in [1.82, 2.24) is 15.2 Å². The van der Waals surface area contributed by atoms with Crippen LogP contribution in [0.15, 0.2) is 29.1 Å². The molecule has 2 N–H and O–H groups in total. The molecule has 0 aliphatic rings. The van der Waals surface area contributed by atoms with Crippen LogP contribution in [0.4, 0.5) is 8.78 Å². The zero-order valence-corrected chi connectivity index (χ0v) is 11.7. The number of nitrogens with zero attached hydrogens (tertiary/aromatic N) is 2. The molecule has 0 aliphatic heterocycles. The Kier molecular flexibility index (Phi) is 3.36. The lowest BCUT2D eigenvalue weighted by Gasteiger charge is -2.08. The second kappa shape index (κ2) is 5.24. The first-order chi connectivity index (χ1) is 10.9. The molecule has 1 aromatic carbocycles. The van der Waals surface area contributed by atoms with Gasteiger partial charge < -0.3 is 10.1 Å². The van der Waals surface area contributed by atoms with Crippen LogP contribution in [-0.2, 0) is 0 Å². The molecule has 2 heterocycles. The van der Waals surface area contributed by atoms with Crippen LogP contribution in [0.1, 0.15) is 16.1 Å². The highest BCUT2D eigenvalue weighted by Gasteiger charge is 2.18. The Balaban J connectivity index is 2.39. The molecular formula is C15H9F2N3O3. The Hall–Kier alpha value is -3.16. The van der Waals surface area contributed by atoms with E-state index in [1.54, 1.807) is 6.92 Å². The maximum atomic E-state index is 14.0. The number of carboxylic acid groups (broad SMARTS) is 1. The first-order valence-corrected chi connectivity index (χ1v) is 6.47. The highest BCUT2D eigenvalue weighted by molar-refractivity contribution is 5.97. The van der Waals surface area contributed by atoms with Crippen LogP contribution in [0.25, 0.3) is 22.2 Å². The number of carbonyl (C=O) groups is 1. The van der Waals surface area contributed by atoms with Crippen molar-refractivity contribution in [3.05, 3.63) is 57.5 Å². The third kappa shape index (κ3) is 2.44. The quantitative estimate of drug-likeness (QED) is 0.756. The lowest BCUT2D eigenvalue weighted by atomic mass is 10.1. The lowest BCUT2D eigenvalue weighted by Crippen LogP contribution is -2.18. The predicted molar refractivity (Wildman–Crippen MR) is 77.2 cm³/mol. The summed E-state index contributed by atoms with van der Waals surface area (Å²) in [5, 5.41) is 17.0. The van der Waals surface area contributed by atoms with E-state index in [1.165, 1.54) is 6.07 Å². The smallest absolute Gasteiger partial charge is 0.341 e. The third-order valence-corrected chi connectivity index (χ3v) is 3.38. The molecule has 2 aromatic heterocycles. The molecule has 8 heteroatoms. The van der Waals surface area contributed by atoms with Gasteiger partial charge in [-0.25, -0.2) is 13.6 Å². The van der Waals surface area contributed by atoms with E-state index in [0.717, 1.165) is 12.1 Å². The predicted octanol–water partition coefficient (Wildman–Crippen LogP) is 2.27. The fraction of sp³-hybridized carbons (Fsp3) is 0.0667. The van der Waals surface area contributed by atoms with E-state index in [-0.39, 0.29) is 16.8 Å². The summed E-state index contributed by atoms with van der Waals surface area (Å²) in [5.41, 5.74) is -0.858. The summed E-state index contributed by atoms with van der Waals surface area (Å²) in [4.78, 5) is 25.3. The second-order valence-electron chi connectivity index (χ2n) is 4.86. The van der Waals surface area contributed by atoms with Crippen molar-refractivity contribution in [1.29, 1.82) is 0 Å². The molecule has 0 saturated carbocycles. The van der Waals surface area contributed by atoms with Gasteiger partial charge in [0, 0.05) is 17.0 Å². The fourth-order valence-electron chi connectivity index (χ4n) is 2.26. The van der Waals surface area contributed by atoms with Gasteiger partial charge in [-0.2, -0.15) is 5.10 Å². The summed E-state index contributed by atoms with van der Waals surface area (Å²) in [5.74, 6) is -3.01. The Bertz CT molecular complexity index is 1010. The van der Waals surface area contributed by atoms with Crippen molar-refractivity contribution in [3.8, 4) is 11.3 Å². The van der Waals surface area contributed by atoms with E-state index in [2.05, 4.69) is 15.2 Å². The van der Waals surface area contributed by atoms with E-state index >= 15 is 0 Å². The summed E-state index contributed by atoms with van der Waals surface area (Å²) in [7, 11) is 0. The normalized spacial score (nSPS) is 10.9. The van der Waals surface area contributed by atoms with Crippen molar-refractivity contribution in [2.45, 2.75) is 6.92 Å². The van der Waals surface area contributed by atoms with Crippen LogP contribution in [0.3, 0.4) is 0 Å². The molecule has 3 rings (SSSR count). The van der Waals surface area contributed by atoms with Gasteiger partial charge in [0.15, 0.2) is 0 Å². The minimum absolute atomic E-state index is 0.00265. The number of aromatic nitrogens is 3. The van der Waals surface area contributed by atoms with E-state index in [9.17, 15) is 18.4 Å². The number of carboxylic acids is 1. The number of pyridine rings is 1. The lowest BCUT2D eigenvalue weighted by molar-refractivity contribution is 0.0695. The summed E-state index contributed by atoms with van der Waals surface area (Å²) in [6.45, 7) is 1.57. The molecule has 23 heavy (non-hydrogen) atoms. The van der Waals surface area contributed by atoms with E-state index in [1.807, 2.05) is 0 Å². The van der Waals surface area contributed by atoms with Gasteiger partial charge in [-0.15, -0.1) is 5.10 Å². The summed E-state index contributed by atoms with van der Waals surface area (Å²) >= 11 is 0. The van der Waals surface area contributed by atoms with Crippen molar-refractivity contribution in [2.24, 2.45) is 0 Å². The first kappa shape index (κ1) is 14.8. The largest absolute Gasteiger partial charge is 0.477 e. The number of benzene rings is 1. The van der Waals surface area contributed by atoms with Crippen molar-refractivity contribution >= 4 is 16.9 Å². The Morgan fingerprint density at radius 3 is 2.61 bits per heavy atom. The average Bonchev–Trinajstić information content (AvgIpc) is 2.48. The summed E-state index contributed by atoms with van der Waals surface area (Å²) in [6, 6.07) is 4.07. The highest BCUT2D eigenvalue weighted by Crippen LogP contribution is 2.28. The average molecular weight is 317 g/mol. The van der Waals surface area contributed by atoms with Gasteiger partial charge in [0.25, 0.3) is 5.56 Å². The monoisotopic (exact) mass is 317 g/mol. The number of aryl methyl sites for hydroxylation is 1. The fourth-order valence-corrected chi connectivity index (χ4v) is 2.26. The zero-order valence-electron chi connectivity index (χ0n) is 11.7. The SMILES string of the molecule is Cc1nnc(-c2ccc(F)cc2F)c2[nH]c(=O)c(C(=O)O)cc12. The van der Waals surface area contributed by atoms with Gasteiger partial charge in [0.05, 0.1) is 11.2 Å². The number of H-pyrrole nitrogens is 1. The molecule has 0 amide bonds. The molecule has 0 atom stereocenters. The molecule has 0 spiro atoms. The van der Waals surface area contributed by atoms with Crippen LogP contribution in [0.2, 0.25) is 0 Å². The van der Waals surface area contributed by atoms with Gasteiger partial charge in [0.1, 0.15) is 22.9 Å². The molecule has 0 fully saturated rings. The third-order valence-electron chi connectivity index (χ3n) is 3.38. The number of aromatic amines is 1. The van der Waals surface area contributed by atoms with Crippen molar-refractivity contribution < 1.29 is 18.7 Å². The standard InChI is InChI=1S/C15H9F2N3O3/c1-6-9-5-10(15(22)23)14(21)18-12(9)13(20-19-6)8-3-2-7(16)4-11(8)17/h2-5H,1H3,(H,18,21)(H,22,23). The summed E-state index contributed by atoms with van der Waals surface area (Å²) in [6.07, 6.45) is 0. The molecule has 6 nitrogen and oxygen atoms in total. The zero-order chi connectivity index (χ0) is 16.7. The molecule has 0 saturated heterocycles. The molecule has 0 aliphatic carbocycles. The van der Waals surface area contributed by atoms with Gasteiger partial charge >= 0.3 is 5.97 Å². The van der Waals surface area contributed by atoms with E-state index < -0.39 is 28.7 Å². The molecule has 116 valence electrons. The first-order valence-electron chi connectivity index (χ1n) is 6.47. The topological polar surface area (TPSA) is 95.9 Å². The maximum absolute atomic E-state index is 14.0. The molecule has 0 unspecified atom stereocenters. The molecule has 0 bridgehead atoms. The van der Waals surface area contributed by atoms with Crippen LogP contribution in [0, 0.1) is 18.6 Å². The Labute approximate surface area is 127 Å². The van der Waals surface area contributed by atoms with Gasteiger partial charge in [-0.05, 0) is 25.1 Å². The second-order valence-corrected chi connectivity index (χ2v) is 4.86. The summed E-state index contributed by atoms with van der Waals surface area (Å²) < 4.78 is 27.0. The maximum Gasteiger partial charge on any atom is 0.341 e. The minimum Gasteiger partial charge on any atom is -0.477 e. The van der Waals surface area contributed by atoms with Crippen LogP contribution >= 0.6 is 0 Å². The van der Waals surface area contributed by atoms with E-state index in [0.29, 0.717) is 17.1 Å². The number of fused-ring (bicyclic) bond motifs is 1. The minimum atomic E-state index is -1.39. The molecule has 0 radical (unpaired) electrons.